The van der Waals surface area contributed by atoms with Crippen molar-refractivity contribution < 1.29 is 9.47 Å². The zero-order chi connectivity index (χ0) is 20.5. The highest BCUT2D eigenvalue weighted by Gasteiger charge is 2.20. The summed E-state index contributed by atoms with van der Waals surface area (Å²) in [6.07, 6.45) is 4.54. The molecule has 0 unspecified atom stereocenters. The first kappa shape index (κ1) is 19.0. The number of aromatic nitrogens is 4. The topological polar surface area (TPSA) is 88.5 Å². The van der Waals surface area contributed by atoms with E-state index >= 15 is 0 Å². The summed E-state index contributed by atoms with van der Waals surface area (Å²) in [4.78, 5) is 23.1. The Labute approximate surface area is 175 Å². The van der Waals surface area contributed by atoms with Gasteiger partial charge in [0.05, 0.1) is 26.0 Å². The first-order chi connectivity index (χ1) is 14.7. The molecule has 1 fully saturated rings. The SMILES string of the molecule is COc1nc2c(cc1Nc1ncc3ccnc(N4CCOCC4)c3n1)CN(C)CC2. The number of pyridine rings is 2. The van der Waals surface area contributed by atoms with Gasteiger partial charge in [-0.3, -0.25) is 0 Å². The van der Waals surface area contributed by atoms with Crippen molar-refractivity contribution in [1.82, 2.24) is 24.8 Å². The molecule has 1 N–H and O–H groups in total. The Morgan fingerprint density at radius 2 is 2.00 bits per heavy atom. The predicted octanol–water partition coefficient (Wildman–Crippen LogP) is 2.00. The third-order valence-electron chi connectivity index (χ3n) is 5.56. The van der Waals surface area contributed by atoms with E-state index in [-0.39, 0.29) is 0 Å². The van der Waals surface area contributed by atoms with Crippen molar-refractivity contribution in [3.05, 3.63) is 35.8 Å². The van der Waals surface area contributed by atoms with E-state index in [9.17, 15) is 0 Å². The number of ether oxygens (including phenoxy) is 2. The maximum absolute atomic E-state index is 5.54. The van der Waals surface area contributed by atoms with Crippen LogP contribution in [-0.2, 0) is 17.7 Å². The number of anilines is 3. The van der Waals surface area contributed by atoms with E-state index in [0.29, 0.717) is 25.0 Å². The van der Waals surface area contributed by atoms with E-state index in [1.165, 1.54) is 5.56 Å². The van der Waals surface area contributed by atoms with E-state index in [1.54, 1.807) is 13.3 Å². The molecule has 0 aliphatic carbocycles. The molecule has 2 aliphatic heterocycles. The van der Waals surface area contributed by atoms with Crippen LogP contribution in [0.15, 0.2) is 24.5 Å². The first-order valence-electron chi connectivity index (χ1n) is 10.2. The molecule has 0 saturated carbocycles. The van der Waals surface area contributed by atoms with Crippen molar-refractivity contribution in [2.24, 2.45) is 0 Å². The fraction of sp³-hybridized carbons (Fsp3) is 0.429. The van der Waals surface area contributed by atoms with Crippen LogP contribution in [0.5, 0.6) is 5.88 Å². The molecule has 0 bridgehead atoms. The number of fused-ring (bicyclic) bond motifs is 2. The number of hydrogen-bond acceptors (Lipinski definition) is 9. The van der Waals surface area contributed by atoms with Crippen molar-refractivity contribution in [1.29, 1.82) is 0 Å². The number of rotatable bonds is 4. The molecule has 3 aromatic rings. The highest BCUT2D eigenvalue weighted by Crippen LogP contribution is 2.31. The summed E-state index contributed by atoms with van der Waals surface area (Å²) in [7, 11) is 3.75. The number of nitrogens with zero attached hydrogens (tertiary/aromatic N) is 6. The monoisotopic (exact) mass is 407 g/mol. The average molecular weight is 407 g/mol. The van der Waals surface area contributed by atoms with Gasteiger partial charge in [-0.25, -0.2) is 19.9 Å². The fourth-order valence-electron chi connectivity index (χ4n) is 3.97. The highest BCUT2D eigenvalue weighted by molar-refractivity contribution is 5.89. The van der Waals surface area contributed by atoms with Gasteiger partial charge in [-0.05, 0) is 24.7 Å². The lowest BCUT2D eigenvalue weighted by Gasteiger charge is -2.28. The van der Waals surface area contributed by atoms with Crippen LogP contribution in [-0.4, -0.2) is 71.8 Å². The van der Waals surface area contributed by atoms with E-state index in [0.717, 1.165) is 60.7 Å². The van der Waals surface area contributed by atoms with Crippen LogP contribution >= 0.6 is 0 Å². The van der Waals surface area contributed by atoms with E-state index < -0.39 is 0 Å². The molecule has 0 spiro atoms. The van der Waals surface area contributed by atoms with Crippen LogP contribution in [0.4, 0.5) is 17.5 Å². The molecule has 2 aliphatic rings. The summed E-state index contributed by atoms with van der Waals surface area (Å²) in [5.74, 6) is 1.91. The zero-order valence-corrected chi connectivity index (χ0v) is 17.3. The molecule has 9 nitrogen and oxygen atoms in total. The summed E-state index contributed by atoms with van der Waals surface area (Å²) in [5, 5.41) is 4.26. The second kappa shape index (κ2) is 8.00. The lowest BCUT2D eigenvalue weighted by atomic mass is 10.1. The summed E-state index contributed by atoms with van der Waals surface area (Å²) >= 11 is 0. The molecular formula is C21H25N7O2. The summed E-state index contributed by atoms with van der Waals surface area (Å²) in [6, 6.07) is 4.02. The molecule has 1 saturated heterocycles. The molecule has 5 rings (SSSR count). The number of hydrogen-bond donors (Lipinski definition) is 1. The van der Waals surface area contributed by atoms with Crippen molar-refractivity contribution in [2.45, 2.75) is 13.0 Å². The molecule has 156 valence electrons. The maximum atomic E-state index is 5.54. The number of nitrogens with one attached hydrogen (secondary N) is 1. The van der Waals surface area contributed by atoms with E-state index in [1.807, 2.05) is 12.3 Å². The standard InChI is InChI=1S/C21H25N7O2/c1-27-6-4-16-15(13-27)11-17(20(24-16)29-2)25-21-23-12-14-3-5-22-19(18(14)26-21)28-7-9-30-10-8-28/h3,5,11-12H,4,6-10,13H2,1-2H3,(H,23,25,26). The average Bonchev–Trinajstić information content (AvgIpc) is 2.78. The Kier molecular flexibility index (Phi) is 5.06. The van der Waals surface area contributed by atoms with Gasteiger partial charge in [-0.2, -0.15) is 0 Å². The summed E-state index contributed by atoms with van der Waals surface area (Å²) in [5.41, 5.74) is 3.88. The number of morpholine rings is 1. The van der Waals surface area contributed by atoms with Gasteiger partial charge in [-0.1, -0.05) is 0 Å². The molecule has 0 amide bonds. The molecule has 30 heavy (non-hydrogen) atoms. The summed E-state index contributed by atoms with van der Waals surface area (Å²) < 4.78 is 11.0. The van der Waals surface area contributed by atoms with Gasteiger partial charge in [0.25, 0.3) is 0 Å². The molecule has 0 aromatic carbocycles. The molecule has 9 heteroatoms. The Morgan fingerprint density at radius 3 is 2.83 bits per heavy atom. The largest absolute Gasteiger partial charge is 0.480 e. The maximum Gasteiger partial charge on any atom is 0.237 e. The van der Waals surface area contributed by atoms with E-state index in [2.05, 4.69) is 38.2 Å². The fourth-order valence-corrected chi connectivity index (χ4v) is 3.97. The van der Waals surface area contributed by atoms with Gasteiger partial charge in [0.2, 0.25) is 11.8 Å². The van der Waals surface area contributed by atoms with Crippen LogP contribution in [0, 0.1) is 0 Å². The third kappa shape index (κ3) is 3.61. The minimum Gasteiger partial charge on any atom is -0.480 e. The van der Waals surface area contributed by atoms with Gasteiger partial charge in [0.15, 0.2) is 5.82 Å². The Hall–Kier alpha value is -3.04. The quantitative estimate of drug-likeness (QED) is 0.697. The van der Waals surface area contributed by atoms with Crippen molar-refractivity contribution >= 4 is 28.4 Å². The minimum atomic E-state index is 0.495. The second-order valence-corrected chi connectivity index (χ2v) is 7.63. The van der Waals surface area contributed by atoms with Crippen LogP contribution in [0.25, 0.3) is 10.9 Å². The van der Waals surface area contributed by atoms with Crippen LogP contribution in [0.2, 0.25) is 0 Å². The Bertz CT molecular complexity index is 1070. The van der Waals surface area contributed by atoms with Gasteiger partial charge >= 0.3 is 0 Å². The summed E-state index contributed by atoms with van der Waals surface area (Å²) in [6.45, 7) is 4.86. The van der Waals surface area contributed by atoms with Crippen LogP contribution in [0.3, 0.4) is 0 Å². The molecule has 5 heterocycles. The smallest absolute Gasteiger partial charge is 0.237 e. The van der Waals surface area contributed by atoms with Crippen molar-refractivity contribution in [3.8, 4) is 5.88 Å². The van der Waals surface area contributed by atoms with Gasteiger partial charge in [0, 0.05) is 50.4 Å². The first-order valence-corrected chi connectivity index (χ1v) is 10.2. The Morgan fingerprint density at radius 1 is 1.13 bits per heavy atom. The molecule has 0 radical (unpaired) electrons. The second-order valence-electron chi connectivity index (χ2n) is 7.63. The molecule has 0 atom stereocenters. The van der Waals surface area contributed by atoms with Crippen molar-refractivity contribution in [2.75, 3.05) is 57.2 Å². The third-order valence-corrected chi connectivity index (χ3v) is 5.56. The predicted molar refractivity (Wildman–Crippen MR) is 114 cm³/mol. The normalized spacial score (nSPS) is 17.1. The van der Waals surface area contributed by atoms with Crippen molar-refractivity contribution in [3.63, 3.8) is 0 Å². The van der Waals surface area contributed by atoms with E-state index in [4.69, 9.17) is 19.4 Å². The highest BCUT2D eigenvalue weighted by atomic mass is 16.5. The molecule has 3 aromatic heterocycles. The lowest BCUT2D eigenvalue weighted by Crippen LogP contribution is -2.37. The van der Waals surface area contributed by atoms with Crippen LogP contribution < -0.4 is 15.0 Å². The van der Waals surface area contributed by atoms with Gasteiger partial charge < -0.3 is 24.6 Å². The van der Waals surface area contributed by atoms with Crippen LogP contribution in [0.1, 0.15) is 11.3 Å². The zero-order valence-electron chi connectivity index (χ0n) is 17.3. The minimum absolute atomic E-state index is 0.495. The molecular weight excluding hydrogens is 382 g/mol. The number of likely N-dealkylation sites (N-methyl/N-ethyl adjacent to an activating group) is 1. The van der Waals surface area contributed by atoms with Gasteiger partial charge in [-0.15, -0.1) is 0 Å². The Balaban J connectivity index is 1.50. The van der Waals surface area contributed by atoms with Gasteiger partial charge in [0.1, 0.15) is 11.2 Å². The number of methoxy groups -OCH3 is 1. The lowest BCUT2D eigenvalue weighted by molar-refractivity contribution is 0.122.